The maximum absolute atomic E-state index is 12.2. The molecule has 0 aliphatic carbocycles. The number of rotatable bonds is 4. The number of nitrogens with two attached hydrogens (primary N) is 1. The predicted molar refractivity (Wildman–Crippen MR) is 77.3 cm³/mol. The minimum atomic E-state index is -4.89. The van der Waals surface area contributed by atoms with Crippen LogP contribution >= 0.6 is 11.6 Å². The fourth-order valence-electron chi connectivity index (χ4n) is 1.99. The van der Waals surface area contributed by atoms with Crippen molar-refractivity contribution in [1.82, 2.24) is 0 Å². The Labute approximate surface area is 142 Å². The highest BCUT2D eigenvalue weighted by molar-refractivity contribution is 6.32. The number of ether oxygens (including phenoxy) is 2. The van der Waals surface area contributed by atoms with E-state index in [9.17, 15) is 26.3 Å². The van der Waals surface area contributed by atoms with E-state index >= 15 is 0 Å². The first kappa shape index (κ1) is 19.2. The monoisotopic (exact) mass is 385 g/mol. The van der Waals surface area contributed by atoms with Crippen LogP contribution in [0.15, 0.2) is 42.5 Å². The molecular formula is C15H10ClF6NO2. The molecule has 0 radical (unpaired) electrons. The lowest BCUT2D eigenvalue weighted by Crippen LogP contribution is -2.18. The van der Waals surface area contributed by atoms with E-state index in [2.05, 4.69) is 9.47 Å². The Kier molecular flexibility index (Phi) is 5.38. The summed E-state index contributed by atoms with van der Waals surface area (Å²) in [4.78, 5) is 0. The van der Waals surface area contributed by atoms with Crippen molar-refractivity contribution in [3.63, 3.8) is 0 Å². The van der Waals surface area contributed by atoms with E-state index in [-0.39, 0.29) is 5.02 Å². The van der Waals surface area contributed by atoms with E-state index < -0.39 is 30.3 Å². The average molecular weight is 386 g/mol. The van der Waals surface area contributed by atoms with Gasteiger partial charge in [0.05, 0.1) is 11.1 Å². The molecule has 0 aliphatic rings. The molecular weight excluding hydrogens is 376 g/mol. The van der Waals surface area contributed by atoms with Crippen LogP contribution in [0, 0.1) is 0 Å². The van der Waals surface area contributed by atoms with Crippen molar-refractivity contribution in [3.05, 3.63) is 58.6 Å². The Balaban J connectivity index is 2.17. The second kappa shape index (κ2) is 7.01. The zero-order chi connectivity index (χ0) is 18.8. The van der Waals surface area contributed by atoms with Gasteiger partial charge in [-0.1, -0.05) is 29.8 Å². The molecule has 0 saturated heterocycles. The molecule has 0 aliphatic heterocycles. The SMILES string of the molecule is N[C@H](c1ccc(OC(F)(F)F)cc1)c1ccc(OC(F)(F)F)c(Cl)c1. The fourth-order valence-corrected chi connectivity index (χ4v) is 2.21. The van der Waals surface area contributed by atoms with Gasteiger partial charge in [-0.25, -0.2) is 0 Å². The zero-order valence-electron chi connectivity index (χ0n) is 12.2. The van der Waals surface area contributed by atoms with Gasteiger partial charge in [-0.05, 0) is 35.4 Å². The largest absolute Gasteiger partial charge is 0.573 e. The Hall–Kier alpha value is -2.13. The molecule has 0 fully saturated rings. The topological polar surface area (TPSA) is 44.5 Å². The molecule has 0 aromatic heterocycles. The fraction of sp³-hybridized carbons (Fsp3) is 0.200. The van der Waals surface area contributed by atoms with Gasteiger partial charge in [0.1, 0.15) is 11.5 Å². The molecule has 136 valence electrons. The normalized spacial score (nSPS) is 13.4. The molecule has 2 N–H and O–H groups in total. The van der Waals surface area contributed by atoms with Crippen molar-refractivity contribution in [2.24, 2.45) is 5.73 Å². The van der Waals surface area contributed by atoms with Crippen LogP contribution in [0.4, 0.5) is 26.3 Å². The van der Waals surface area contributed by atoms with Gasteiger partial charge in [-0.3, -0.25) is 0 Å². The molecule has 10 heteroatoms. The number of alkyl halides is 6. The highest BCUT2D eigenvalue weighted by Crippen LogP contribution is 2.33. The van der Waals surface area contributed by atoms with Crippen molar-refractivity contribution < 1.29 is 35.8 Å². The molecule has 0 unspecified atom stereocenters. The second-order valence-electron chi connectivity index (χ2n) is 4.83. The molecule has 0 heterocycles. The van der Waals surface area contributed by atoms with Crippen LogP contribution in [-0.4, -0.2) is 12.7 Å². The summed E-state index contributed by atoms with van der Waals surface area (Å²) in [6.45, 7) is 0. The van der Waals surface area contributed by atoms with Crippen molar-refractivity contribution >= 4 is 11.6 Å². The summed E-state index contributed by atoms with van der Waals surface area (Å²) in [5.41, 5.74) is 6.72. The molecule has 2 aromatic carbocycles. The molecule has 2 aromatic rings. The lowest BCUT2D eigenvalue weighted by Gasteiger charge is -2.16. The van der Waals surface area contributed by atoms with E-state index in [0.717, 1.165) is 18.2 Å². The minimum absolute atomic E-state index is 0.303. The number of benzene rings is 2. The van der Waals surface area contributed by atoms with Gasteiger partial charge in [0, 0.05) is 0 Å². The Morgan fingerprint density at radius 3 is 1.80 bits per heavy atom. The summed E-state index contributed by atoms with van der Waals surface area (Å²) in [5.74, 6) is -1.01. The first-order valence-corrected chi connectivity index (χ1v) is 6.99. The van der Waals surface area contributed by atoms with Crippen molar-refractivity contribution in [2.45, 2.75) is 18.8 Å². The van der Waals surface area contributed by atoms with E-state index in [4.69, 9.17) is 17.3 Å². The van der Waals surface area contributed by atoms with Crippen molar-refractivity contribution in [3.8, 4) is 11.5 Å². The van der Waals surface area contributed by atoms with Gasteiger partial charge < -0.3 is 15.2 Å². The van der Waals surface area contributed by atoms with Gasteiger partial charge in [0.15, 0.2) is 0 Å². The number of hydrogen-bond acceptors (Lipinski definition) is 3. The molecule has 0 saturated carbocycles. The lowest BCUT2D eigenvalue weighted by atomic mass is 9.99. The first-order valence-electron chi connectivity index (χ1n) is 6.61. The van der Waals surface area contributed by atoms with Gasteiger partial charge in [0.2, 0.25) is 0 Å². The maximum Gasteiger partial charge on any atom is 0.573 e. The van der Waals surface area contributed by atoms with Crippen LogP contribution in [0.5, 0.6) is 11.5 Å². The van der Waals surface area contributed by atoms with Crippen molar-refractivity contribution in [2.75, 3.05) is 0 Å². The third-order valence-electron chi connectivity index (χ3n) is 3.01. The number of halogens is 7. The van der Waals surface area contributed by atoms with Crippen LogP contribution in [0.1, 0.15) is 17.2 Å². The molecule has 3 nitrogen and oxygen atoms in total. The summed E-state index contributed by atoms with van der Waals surface area (Å²) in [6.07, 6.45) is -9.70. The molecule has 1 atom stereocenters. The first-order chi connectivity index (χ1) is 11.4. The van der Waals surface area contributed by atoms with E-state index in [0.29, 0.717) is 11.1 Å². The van der Waals surface area contributed by atoms with Gasteiger partial charge in [-0.2, -0.15) is 0 Å². The summed E-state index contributed by atoms with van der Waals surface area (Å²) in [5, 5.41) is -0.303. The minimum Gasteiger partial charge on any atom is -0.406 e. The standard InChI is InChI=1S/C15H10ClF6NO2/c16-11-7-9(3-6-12(11)25-15(20,21)22)13(23)8-1-4-10(5-2-8)24-14(17,18)19/h1-7,13H,23H2/t13-/m1/s1. The number of hydrogen-bond donors (Lipinski definition) is 1. The highest BCUT2D eigenvalue weighted by Gasteiger charge is 2.32. The summed E-state index contributed by atoms with van der Waals surface area (Å²) in [7, 11) is 0. The summed E-state index contributed by atoms with van der Waals surface area (Å²) in [6, 6.07) is 7.41. The van der Waals surface area contributed by atoms with E-state index in [1.54, 1.807) is 0 Å². The Bertz CT molecular complexity index is 730. The van der Waals surface area contributed by atoms with Gasteiger partial charge >= 0.3 is 12.7 Å². The molecule has 25 heavy (non-hydrogen) atoms. The predicted octanol–water partition coefficient (Wildman–Crippen LogP) is 5.19. The molecule has 2 rings (SSSR count). The Morgan fingerprint density at radius 1 is 0.800 bits per heavy atom. The van der Waals surface area contributed by atoms with E-state index in [1.165, 1.54) is 24.3 Å². The van der Waals surface area contributed by atoms with Crippen LogP contribution in [0.2, 0.25) is 5.02 Å². The van der Waals surface area contributed by atoms with Crippen LogP contribution in [0.3, 0.4) is 0 Å². The maximum atomic E-state index is 12.2. The highest BCUT2D eigenvalue weighted by atomic mass is 35.5. The summed E-state index contributed by atoms with van der Waals surface area (Å²) >= 11 is 5.74. The van der Waals surface area contributed by atoms with Crippen LogP contribution < -0.4 is 15.2 Å². The lowest BCUT2D eigenvalue weighted by molar-refractivity contribution is -0.275. The van der Waals surface area contributed by atoms with Gasteiger partial charge in [0.25, 0.3) is 0 Å². The van der Waals surface area contributed by atoms with E-state index in [1.807, 2.05) is 0 Å². The van der Waals surface area contributed by atoms with Crippen molar-refractivity contribution in [1.29, 1.82) is 0 Å². The zero-order valence-corrected chi connectivity index (χ0v) is 12.9. The quantitative estimate of drug-likeness (QED) is 0.737. The smallest absolute Gasteiger partial charge is 0.406 e. The molecule has 0 amide bonds. The molecule has 0 spiro atoms. The summed E-state index contributed by atoms with van der Waals surface area (Å²) < 4.78 is 80.4. The third kappa shape index (κ3) is 5.71. The van der Waals surface area contributed by atoms with Gasteiger partial charge in [-0.15, -0.1) is 26.3 Å². The second-order valence-corrected chi connectivity index (χ2v) is 5.24. The Morgan fingerprint density at radius 2 is 1.32 bits per heavy atom. The molecule has 0 bridgehead atoms. The van der Waals surface area contributed by atoms with Crippen LogP contribution in [0.25, 0.3) is 0 Å². The average Bonchev–Trinajstić information content (AvgIpc) is 2.46. The van der Waals surface area contributed by atoms with Crippen LogP contribution in [-0.2, 0) is 0 Å². The third-order valence-corrected chi connectivity index (χ3v) is 3.31.